The Morgan fingerprint density at radius 2 is 1.79 bits per heavy atom. The summed E-state index contributed by atoms with van der Waals surface area (Å²) in [5.41, 5.74) is 3.78. The smallest absolute Gasteiger partial charge is 0.341 e. The van der Waals surface area contributed by atoms with Crippen molar-refractivity contribution < 1.29 is 23.9 Å². The molecule has 0 fully saturated rings. The average molecular weight is 616 g/mol. The third-order valence-electron chi connectivity index (χ3n) is 6.91. The molecule has 1 aromatic heterocycles. The summed E-state index contributed by atoms with van der Waals surface area (Å²) in [5, 5.41) is 6.41. The molecule has 222 valence electrons. The molecule has 2 heterocycles. The van der Waals surface area contributed by atoms with Crippen LogP contribution in [0.5, 0.6) is 5.75 Å². The molecule has 0 spiro atoms. The number of hydrogen-bond donors (Lipinski definition) is 2. The first-order valence-corrected chi connectivity index (χ1v) is 15.8. The van der Waals surface area contributed by atoms with E-state index in [0.29, 0.717) is 40.5 Å². The summed E-state index contributed by atoms with van der Waals surface area (Å²) >= 11 is 2.80. The first-order chi connectivity index (χ1) is 20.9. The van der Waals surface area contributed by atoms with E-state index in [-0.39, 0.29) is 24.2 Å². The van der Waals surface area contributed by atoms with Gasteiger partial charge in [0.25, 0.3) is 5.91 Å². The van der Waals surface area contributed by atoms with Crippen molar-refractivity contribution in [1.29, 1.82) is 0 Å². The fourth-order valence-electron chi connectivity index (χ4n) is 4.88. The zero-order valence-electron chi connectivity index (χ0n) is 24.1. The van der Waals surface area contributed by atoms with Crippen molar-refractivity contribution in [1.82, 2.24) is 4.90 Å². The molecule has 0 saturated heterocycles. The molecule has 8 nitrogen and oxygen atoms in total. The summed E-state index contributed by atoms with van der Waals surface area (Å²) < 4.78 is 10.6. The Labute approximate surface area is 259 Å². The highest BCUT2D eigenvalue weighted by atomic mass is 32.2. The molecular formula is C33H33N3O5S2. The Morgan fingerprint density at radius 1 is 0.977 bits per heavy atom. The number of fused-ring (bicyclic) bond motifs is 1. The highest BCUT2D eigenvalue weighted by Crippen LogP contribution is 2.38. The lowest BCUT2D eigenvalue weighted by molar-refractivity contribution is -0.113. The maximum absolute atomic E-state index is 13.1. The molecular weight excluding hydrogens is 583 g/mol. The van der Waals surface area contributed by atoms with Crippen LogP contribution >= 0.6 is 23.1 Å². The molecule has 2 amide bonds. The maximum Gasteiger partial charge on any atom is 0.341 e. The third kappa shape index (κ3) is 7.84. The Bertz CT molecular complexity index is 1610. The average Bonchev–Trinajstić information content (AvgIpc) is 3.37. The molecule has 2 N–H and O–H groups in total. The summed E-state index contributed by atoms with van der Waals surface area (Å²) in [6, 6.07) is 24.6. The van der Waals surface area contributed by atoms with Crippen LogP contribution in [0.1, 0.15) is 43.6 Å². The lowest BCUT2D eigenvalue weighted by atomic mass is 10.0. The molecule has 0 aliphatic carbocycles. The lowest BCUT2D eigenvalue weighted by Gasteiger charge is -2.27. The monoisotopic (exact) mass is 615 g/mol. The topological polar surface area (TPSA) is 97.0 Å². The molecule has 0 atom stereocenters. The Morgan fingerprint density at radius 3 is 2.58 bits per heavy atom. The first-order valence-electron chi connectivity index (χ1n) is 14.0. The minimum atomic E-state index is -0.404. The number of thioether (sulfide) groups is 1. The number of benzene rings is 3. The molecule has 3 aromatic carbocycles. The van der Waals surface area contributed by atoms with Gasteiger partial charge in [-0.15, -0.1) is 23.1 Å². The first kappa shape index (κ1) is 30.3. The van der Waals surface area contributed by atoms with Crippen molar-refractivity contribution >= 4 is 51.6 Å². The summed E-state index contributed by atoms with van der Waals surface area (Å²) in [5.74, 6) is -0.141. The predicted octanol–water partition coefficient (Wildman–Crippen LogP) is 6.47. The van der Waals surface area contributed by atoms with Crippen LogP contribution in [0.4, 0.5) is 10.7 Å². The van der Waals surface area contributed by atoms with Crippen LogP contribution in [-0.4, -0.2) is 48.7 Å². The van der Waals surface area contributed by atoms with Gasteiger partial charge in [0, 0.05) is 40.7 Å². The molecule has 4 aromatic rings. The van der Waals surface area contributed by atoms with Crippen molar-refractivity contribution in [3.63, 3.8) is 0 Å². The Kier molecular flexibility index (Phi) is 10.1. The number of rotatable bonds is 11. The largest absolute Gasteiger partial charge is 0.497 e. The van der Waals surface area contributed by atoms with Gasteiger partial charge in [0.15, 0.2) is 0 Å². The molecule has 0 unspecified atom stereocenters. The number of ether oxygens (including phenoxy) is 2. The van der Waals surface area contributed by atoms with E-state index in [4.69, 9.17) is 9.47 Å². The van der Waals surface area contributed by atoms with Crippen molar-refractivity contribution in [2.75, 3.05) is 36.6 Å². The Hall–Kier alpha value is -4.12. The second kappa shape index (κ2) is 14.4. The van der Waals surface area contributed by atoms with Crippen molar-refractivity contribution in [2.24, 2.45) is 0 Å². The number of esters is 1. The molecule has 5 rings (SSSR count). The van der Waals surface area contributed by atoms with Gasteiger partial charge >= 0.3 is 5.97 Å². The molecule has 0 saturated carbocycles. The van der Waals surface area contributed by atoms with Gasteiger partial charge in [0.1, 0.15) is 10.8 Å². The van der Waals surface area contributed by atoms with Crippen molar-refractivity contribution in [2.45, 2.75) is 31.3 Å². The van der Waals surface area contributed by atoms with Crippen molar-refractivity contribution in [3.05, 3.63) is 106 Å². The number of hydrogen-bond acceptors (Lipinski definition) is 8. The lowest BCUT2D eigenvalue weighted by Crippen LogP contribution is -2.30. The highest BCUT2D eigenvalue weighted by molar-refractivity contribution is 8.00. The summed E-state index contributed by atoms with van der Waals surface area (Å²) in [7, 11) is 1.55. The standard InChI is InChI=1S/C33H33N3O5S2/c1-3-41-33(39)30-27-15-16-36(19-22-9-5-4-6-10-22)20-28(27)43-32(30)35-29(37)21-42-26-14-8-12-24(18-26)34-31(38)23-11-7-13-25(17-23)40-2/h4-14,17-18H,3,15-16,19-21H2,1-2H3,(H,34,38)(H,35,37). The van der Waals surface area contributed by atoms with Crippen LogP contribution in [-0.2, 0) is 29.0 Å². The quantitative estimate of drug-likeness (QED) is 0.147. The zero-order chi connectivity index (χ0) is 30.2. The van der Waals surface area contributed by atoms with E-state index in [1.165, 1.54) is 28.7 Å². The number of nitrogens with one attached hydrogen (secondary N) is 2. The second-order valence-corrected chi connectivity index (χ2v) is 12.1. The van der Waals surface area contributed by atoms with Crippen LogP contribution < -0.4 is 15.4 Å². The van der Waals surface area contributed by atoms with E-state index in [1.807, 2.05) is 36.4 Å². The van der Waals surface area contributed by atoms with Gasteiger partial charge in [0.2, 0.25) is 5.91 Å². The van der Waals surface area contributed by atoms with E-state index >= 15 is 0 Å². The van der Waals surface area contributed by atoms with Gasteiger partial charge in [-0.05, 0) is 60.9 Å². The van der Waals surface area contributed by atoms with Crippen molar-refractivity contribution in [3.8, 4) is 5.75 Å². The minimum absolute atomic E-state index is 0.137. The third-order valence-corrected chi connectivity index (χ3v) is 9.04. The molecule has 0 bridgehead atoms. The second-order valence-electron chi connectivity index (χ2n) is 9.93. The highest BCUT2D eigenvalue weighted by Gasteiger charge is 2.29. The van der Waals surface area contributed by atoms with E-state index in [9.17, 15) is 14.4 Å². The van der Waals surface area contributed by atoms with Gasteiger partial charge in [-0.3, -0.25) is 14.5 Å². The number of methoxy groups -OCH3 is 1. The summed E-state index contributed by atoms with van der Waals surface area (Å²) in [6.07, 6.45) is 0.714. The van der Waals surface area contributed by atoms with Crippen LogP contribution in [0.15, 0.2) is 83.8 Å². The van der Waals surface area contributed by atoms with Gasteiger partial charge < -0.3 is 20.1 Å². The number of amides is 2. The van der Waals surface area contributed by atoms with Crippen LogP contribution in [0.25, 0.3) is 0 Å². The van der Waals surface area contributed by atoms with E-state index in [0.717, 1.165) is 28.4 Å². The molecule has 43 heavy (non-hydrogen) atoms. The maximum atomic E-state index is 13.1. The van der Waals surface area contributed by atoms with Crippen LogP contribution in [0, 0.1) is 0 Å². The Balaban J connectivity index is 1.23. The molecule has 0 radical (unpaired) electrons. The van der Waals surface area contributed by atoms with Crippen LogP contribution in [0.3, 0.4) is 0 Å². The number of nitrogens with zero attached hydrogens (tertiary/aromatic N) is 1. The van der Waals surface area contributed by atoms with E-state index in [2.05, 4.69) is 27.7 Å². The number of carbonyl (C=O) groups excluding carboxylic acids is 3. The molecule has 1 aliphatic heterocycles. The van der Waals surface area contributed by atoms with Gasteiger partial charge in [-0.25, -0.2) is 4.79 Å². The summed E-state index contributed by atoms with van der Waals surface area (Å²) in [4.78, 5) is 43.0. The fraction of sp³-hybridized carbons (Fsp3) is 0.242. The van der Waals surface area contributed by atoms with Crippen LogP contribution in [0.2, 0.25) is 0 Å². The fourth-order valence-corrected chi connectivity index (χ4v) is 6.93. The SMILES string of the molecule is CCOC(=O)c1c(NC(=O)CSc2cccc(NC(=O)c3cccc(OC)c3)c2)sc2c1CCN(Cc1ccccc1)C2. The van der Waals surface area contributed by atoms with Gasteiger partial charge in [-0.1, -0.05) is 42.5 Å². The molecule has 10 heteroatoms. The number of thiophene rings is 1. The zero-order valence-corrected chi connectivity index (χ0v) is 25.7. The number of carbonyl (C=O) groups is 3. The van der Waals surface area contributed by atoms with E-state index < -0.39 is 5.97 Å². The minimum Gasteiger partial charge on any atom is -0.497 e. The number of anilines is 2. The van der Waals surface area contributed by atoms with Gasteiger partial charge in [-0.2, -0.15) is 0 Å². The van der Waals surface area contributed by atoms with Gasteiger partial charge in [0.05, 0.1) is 25.0 Å². The van der Waals surface area contributed by atoms with E-state index in [1.54, 1.807) is 44.4 Å². The molecule has 1 aliphatic rings. The summed E-state index contributed by atoms with van der Waals surface area (Å²) in [6.45, 7) is 4.39. The predicted molar refractivity (Wildman–Crippen MR) is 171 cm³/mol. The normalized spacial score (nSPS) is 12.7.